The number of esters is 1. The van der Waals surface area contributed by atoms with E-state index in [0.717, 1.165) is 0 Å². The highest BCUT2D eigenvalue weighted by Crippen LogP contribution is 2.37. The minimum Gasteiger partial charge on any atom is -0.469 e. The molecule has 0 bridgehead atoms. The molecule has 1 amide bonds. The summed E-state index contributed by atoms with van der Waals surface area (Å²) in [6, 6.07) is -1.32. The van der Waals surface area contributed by atoms with E-state index in [0.29, 0.717) is 0 Å². The van der Waals surface area contributed by atoms with Gasteiger partial charge in [0, 0.05) is 6.42 Å². The Morgan fingerprint density at radius 1 is 1.25 bits per heavy atom. The maximum absolute atomic E-state index is 13.9. The maximum Gasteiger partial charge on any atom is 0.408 e. The van der Waals surface area contributed by atoms with E-state index in [4.69, 9.17) is 4.74 Å². The molecule has 116 valence electrons. The number of rotatable bonds is 2. The Kier molecular flexibility index (Phi) is 4.94. The summed E-state index contributed by atoms with van der Waals surface area (Å²) in [6.07, 6.45) is -1.24. The lowest BCUT2D eigenvalue weighted by Crippen LogP contribution is -2.53. The van der Waals surface area contributed by atoms with Crippen molar-refractivity contribution in [3.8, 4) is 0 Å². The van der Waals surface area contributed by atoms with E-state index in [1.807, 2.05) is 0 Å². The first-order chi connectivity index (χ1) is 9.05. The van der Waals surface area contributed by atoms with Gasteiger partial charge in [-0.15, -0.1) is 0 Å². The molecular formula is C13H21F2NO4. The van der Waals surface area contributed by atoms with Crippen LogP contribution in [0.4, 0.5) is 13.6 Å². The summed E-state index contributed by atoms with van der Waals surface area (Å²) in [7, 11) is 1.17. The second-order valence-electron chi connectivity index (χ2n) is 5.96. The fourth-order valence-electron chi connectivity index (χ4n) is 2.15. The van der Waals surface area contributed by atoms with Gasteiger partial charge in [0.25, 0.3) is 5.92 Å². The Balaban J connectivity index is 2.61. The molecule has 0 aliphatic heterocycles. The predicted octanol–water partition coefficient (Wildman–Crippen LogP) is 2.49. The minimum absolute atomic E-state index is 0.00596. The van der Waals surface area contributed by atoms with Crippen LogP contribution in [0, 0.1) is 5.92 Å². The first-order valence-corrected chi connectivity index (χ1v) is 6.50. The summed E-state index contributed by atoms with van der Waals surface area (Å²) in [6.45, 7) is 4.95. The summed E-state index contributed by atoms with van der Waals surface area (Å²) >= 11 is 0. The van der Waals surface area contributed by atoms with Crippen LogP contribution >= 0.6 is 0 Å². The number of alkyl carbamates (subject to hydrolysis) is 1. The number of alkyl halides is 2. The third-order valence-electron chi connectivity index (χ3n) is 3.06. The molecule has 20 heavy (non-hydrogen) atoms. The van der Waals surface area contributed by atoms with Crippen molar-refractivity contribution in [2.75, 3.05) is 7.11 Å². The number of amides is 1. The van der Waals surface area contributed by atoms with E-state index in [1.54, 1.807) is 20.8 Å². The first kappa shape index (κ1) is 16.7. The number of carbonyl (C=O) groups is 2. The number of ether oxygens (including phenoxy) is 2. The lowest BCUT2D eigenvalue weighted by molar-refractivity contribution is -0.154. The van der Waals surface area contributed by atoms with Crippen molar-refractivity contribution in [2.45, 2.75) is 57.6 Å². The van der Waals surface area contributed by atoms with Crippen molar-refractivity contribution < 1.29 is 27.8 Å². The standard InChI is InChI=1S/C13H21F2NO4/c1-12(2,3)20-11(18)16-9-6-5-8(10(17)19-4)7-13(9,14)15/h8-9H,5-7H2,1-4H3,(H,16,18)/t8-,9-/m1/s1. The van der Waals surface area contributed by atoms with Gasteiger partial charge in [-0.05, 0) is 33.6 Å². The summed E-state index contributed by atoms with van der Waals surface area (Å²) in [5.74, 6) is -4.62. The highest BCUT2D eigenvalue weighted by atomic mass is 19.3. The van der Waals surface area contributed by atoms with E-state index >= 15 is 0 Å². The molecule has 1 saturated carbocycles. The highest BCUT2D eigenvalue weighted by molar-refractivity contribution is 5.73. The average molecular weight is 293 g/mol. The number of carbonyl (C=O) groups excluding carboxylic acids is 2. The van der Waals surface area contributed by atoms with Crippen molar-refractivity contribution in [3.05, 3.63) is 0 Å². The first-order valence-electron chi connectivity index (χ1n) is 6.50. The molecule has 1 N–H and O–H groups in total. The number of hydrogen-bond acceptors (Lipinski definition) is 4. The number of methoxy groups -OCH3 is 1. The molecule has 1 aliphatic carbocycles. The Labute approximate surface area is 117 Å². The van der Waals surface area contributed by atoms with Crippen molar-refractivity contribution in [1.82, 2.24) is 5.32 Å². The molecular weight excluding hydrogens is 272 g/mol. The van der Waals surface area contributed by atoms with Crippen LogP contribution in [-0.4, -0.2) is 36.7 Å². The molecule has 0 aromatic rings. The lowest BCUT2D eigenvalue weighted by Gasteiger charge is -2.35. The SMILES string of the molecule is COC(=O)[C@@H]1CC[C@@H](NC(=O)OC(C)(C)C)C(F)(F)C1. The van der Waals surface area contributed by atoms with Gasteiger partial charge in [-0.3, -0.25) is 4.79 Å². The van der Waals surface area contributed by atoms with Gasteiger partial charge in [0.05, 0.1) is 19.1 Å². The van der Waals surface area contributed by atoms with Crippen LogP contribution in [0.15, 0.2) is 0 Å². The van der Waals surface area contributed by atoms with Gasteiger partial charge in [0.2, 0.25) is 0 Å². The summed E-state index contributed by atoms with van der Waals surface area (Å²) in [4.78, 5) is 22.8. The average Bonchev–Trinajstić information content (AvgIpc) is 2.28. The Hall–Kier alpha value is -1.40. The van der Waals surface area contributed by atoms with Gasteiger partial charge in [-0.1, -0.05) is 0 Å². The summed E-state index contributed by atoms with van der Waals surface area (Å²) < 4.78 is 37.3. The maximum atomic E-state index is 13.9. The van der Waals surface area contributed by atoms with Crippen LogP contribution in [0.3, 0.4) is 0 Å². The van der Waals surface area contributed by atoms with E-state index in [-0.39, 0.29) is 12.8 Å². The number of hydrogen-bond donors (Lipinski definition) is 1. The van der Waals surface area contributed by atoms with Gasteiger partial charge in [0.1, 0.15) is 5.60 Å². The Morgan fingerprint density at radius 2 is 1.85 bits per heavy atom. The molecule has 0 saturated heterocycles. The highest BCUT2D eigenvalue weighted by Gasteiger charge is 2.48. The molecule has 1 fully saturated rings. The zero-order valence-corrected chi connectivity index (χ0v) is 12.2. The molecule has 1 aliphatic rings. The van der Waals surface area contributed by atoms with E-state index in [1.165, 1.54) is 7.11 Å². The molecule has 7 heteroatoms. The predicted molar refractivity (Wildman–Crippen MR) is 67.5 cm³/mol. The van der Waals surface area contributed by atoms with Gasteiger partial charge in [0.15, 0.2) is 0 Å². The Bertz CT molecular complexity index is 379. The molecule has 2 atom stereocenters. The second kappa shape index (κ2) is 5.93. The topological polar surface area (TPSA) is 64.6 Å². The van der Waals surface area contributed by atoms with Gasteiger partial charge < -0.3 is 14.8 Å². The van der Waals surface area contributed by atoms with Gasteiger partial charge in [-0.2, -0.15) is 0 Å². The lowest BCUT2D eigenvalue weighted by atomic mass is 9.83. The van der Waals surface area contributed by atoms with Crippen LogP contribution in [0.1, 0.15) is 40.0 Å². The van der Waals surface area contributed by atoms with Crippen LogP contribution in [-0.2, 0) is 14.3 Å². The van der Waals surface area contributed by atoms with Crippen molar-refractivity contribution in [1.29, 1.82) is 0 Å². The van der Waals surface area contributed by atoms with E-state index < -0.39 is 42.0 Å². The van der Waals surface area contributed by atoms with Crippen molar-refractivity contribution >= 4 is 12.1 Å². The fraction of sp³-hybridized carbons (Fsp3) is 0.846. The monoisotopic (exact) mass is 293 g/mol. The summed E-state index contributed by atoms with van der Waals surface area (Å²) in [5, 5.41) is 2.18. The molecule has 0 aromatic heterocycles. The normalized spacial score (nSPS) is 25.7. The zero-order chi connectivity index (χ0) is 15.6. The molecule has 0 aromatic carbocycles. The van der Waals surface area contributed by atoms with Gasteiger partial charge in [-0.25, -0.2) is 13.6 Å². The minimum atomic E-state index is -3.16. The largest absolute Gasteiger partial charge is 0.469 e. The third kappa shape index (κ3) is 4.61. The van der Waals surface area contributed by atoms with Crippen LogP contribution in [0.2, 0.25) is 0 Å². The summed E-state index contributed by atoms with van der Waals surface area (Å²) in [5.41, 5.74) is -0.747. The van der Waals surface area contributed by atoms with Crippen LogP contribution in [0.25, 0.3) is 0 Å². The van der Waals surface area contributed by atoms with Crippen molar-refractivity contribution in [3.63, 3.8) is 0 Å². The van der Waals surface area contributed by atoms with Crippen molar-refractivity contribution in [2.24, 2.45) is 5.92 Å². The molecule has 0 radical (unpaired) electrons. The molecule has 5 nitrogen and oxygen atoms in total. The Morgan fingerprint density at radius 3 is 2.30 bits per heavy atom. The number of halogens is 2. The zero-order valence-electron chi connectivity index (χ0n) is 12.2. The molecule has 0 unspecified atom stereocenters. The molecule has 0 spiro atoms. The smallest absolute Gasteiger partial charge is 0.408 e. The van der Waals surface area contributed by atoms with Crippen LogP contribution < -0.4 is 5.32 Å². The fourth-order valence-corrected chi connectivity index (χ4v) is 2.15. The van der Waals surface area contributed by atoms with Crippen LogP contribution in [0.5, 0.6) is 0 Å². The number of nitrogens with one attached hydrogen (secondary N) is 1. The van der Waals surface area contributed by atoms with E-state index in [2.05, 4.69) is 10.1 Å². The molecule has 1 rings (SSSR count). The quantitative estimate of drug-likeness (QED) is 0.794. The van der Waals surface area contributed by atoms with E-state index in [9.17, 15) is 18.4 Å². The van der Waals surface area contributed by atoms with Gasteiger partial charge >= 0.3 is 12.1 Å². The second-order valence-corrected chi connectivity index (χ2v) is 5.96. The molecule has 0 heterocycles. The third-order valence-corrected chi connectivity index (χ3v) is 3.06.